The van der Waals surface area contributed by atoms with Gasteiger partial charge in [0, 0.05) is 54.1 Å². The van der Waals surface area contributed by atoms with E-state index >= 15 is 0 Å². The van der Waals surface area contributed by atoms with Crippen LogP contribution in [0, 0.1) is 18.2 Å². The maximum atomic E-state index is 14.0. The van der Waals surface area contributed by atoms with Gasteiger partial charge in [-0.15, -0.1) is 0 Å². The van der Waals surface area contributed by atoms with E-state index < -0.39 is 0 Å². The molecular formula is C21H29FN4O. The molecule has 0 saturated carbocycles. The van der Waals surface area contributed by atoms with Gasteiger partial charge >= 0.3 is 0 Å². The van der Waals surface area contributed by atoms with Gasteiger partial charge < -0.3 is 15.5 Å². The maximum Gasteiger partial charge on any atom is 0.228 e. The van der Waals surface area contributed by atoms with E-state index in [9.17, 15) is 9.18 Å². The number of fused-ring (bicyclic) bond motifs is 1. The number of aromatic nitrogens is 1. The van der Waals surface area contributed by atoms with E-state index in [1.165, 1.54) is 6.07 Å². The lowest BCUT2D eigenvalue weighted by molar-refractivity contribution is -0.139. The topological polar surface area (TPSA) is 62.5 Å². The first-order chi connectivity index (χ1) is 12.6. The van der Waals surface area contributed by atoms with Gasteiger partial charge in [0.25, 0.3) is 0 Å². The summed E-state index contributed by atoms with van der Waals surface area (Å²) in [5.41, 5.74) is 7.99. The number of nitrogens with zero attached hydrogens (tertiary/aromatic N) is 3. The van der Waals surface area contributed by atoms with Crippen LogP contribution < -0.4 is 10.6 Å². The van der Waals surface area contributed by atoms with E-state index in [1.807, 2.05) is 38.7 Å². The van der Waals surface area contributed by atoms with Gasteiger partial charge in [-0.25, -0.2) is 9.37 Å². The van der Waals surface area contributed by atoms with Crippen molar-refractivity contribution in [3.63, 3.8) is 0 Å². The summed E-state index contributed by atoms with van der Waals surface area (Å²) >= 11 is 0. The molecule has 146 valence electrons. The monoisotopic (exact) mass is 372 g/mol. The summed E-state index contributed by atoms with van der Waals surface area (Å²) in [4.78, 5) is 21.4. The fraction of sp³-hybridized carbons (Fsp3) is 0.524. The Morgan fingerprint density at radius 2 is 1.85 bits per heavy atom. The lowest BCUT2D eigenvalue weighted by Crippen LogP contribution is -2.52. The Morgan fingerprint density at radius 1 is 1.22 bits per heavy atom. The third kappa shape index (κ3) is 3.76. The van der Waals surface area contributed by atoms with Crippen molar-refractivity contribution >= 4 is 22.6 Å². The molecule has 1 fully saturated rings. The smallest absolute Gasteiger partial charge is 0.228 e. The normalized spacial score (nSPS) is 16.7. The number of carbonyl (C=O) groups is 1. The Balaban J connectivity index is 1.93. The second kappa shape index (κ2) is 7.08. The Kier molecular flexibility index (Phi) is 5.12. The van der Waals surface area contributed by atoms with Crippen LogP contribution in [0.15, 0.2) is 18.2 Å². The molecule has 0 radical (unpaired) electrons. The van der Waals surface area contributed by atoms with Crippen LogP contribution in [0.2, 0.25) is 0 Å². The molecule has 1 saturated heterocycles. The largest absolute Gasteiger partial charge is 0.353 e. The summed E-state index contributed by atoms with van der Waals surface area (Å²) in [7, 11) is 0. The third-order valence-electron chi connectivity index (χ3n) is 5.18. The number of carbonyl (C=O) groups excluding carboxylic acids is 1. The quantitative estimate of drug-likeness (QED) is 0.878. The van der Waals surface area contributed by atoms with Crippen molar-refractivity contribution in [3.05, 3.63) is 35.1 Å². The molecule has 1 unspecified atom stereocenters. The Hall–Kier alpha value is -2.21. The van der Waals surface area contributed by atoms with Crippen LogP contribution in [0.25, 0.3) is 10.9 Å². The first kappa shape index (κ1) is 19.5. The van der Waals surface area contributed by atoms with E-state index in [4.69, 9.17) is 10.7 Å². The number of hydrogen-bond donors (Lipinski definition) is 1. The number of nitrogens with two attached hydrogens (primary N) is 1. The molecule has 1 aromatic heterocycles. The van der Waals surface area contributed by atoms with Gasteiger partial charge in [-0.05, 0) is 32.0 Å². The van der Waals surface area contributed by atoms with Gasteiger partial charge in [-0.2, -0.15) is 0 Å². The molecule has 1 aliphatic heterocycles. The van der Waals surface area contributed by atoms with Crippen LogP contribution in [0.5, 0.6) is 0 Å². The third-order valence-corrected chi connectivity index (χ3v) is 5.18. The van der Waals surface area contributed by atoms with E-state index in [0.29, 0.717) is 37.3 Å². The molecule has 1 aliphatic rings. The second-order valence-electron chi connectivity index (χ2n) is 8.46. The van der Waals surface area contributed by atoms with Crippen LogP contribution in [0.1, 0.15) is 44.9 Å². The van der Waals surface area contributed by atoms with Crippen molar-refractivity contribution in [3.8, 4) is 0 Å². The fourth-order valence-electron chi connectivity index (χ4n) is 3.55. The van der Waals surface area contributed by atoms with Crippen molar-refractivity contribution in [2.75, 3.05) is 31.1 Å². The summed E-state index contributed by atoms with van der Waals surface area (Å²) in [6.45, 7) is 12.2. The average molecular weight is 372 g/mol. The van der Waals surface area contributed by atoms with E-state index in [0.717, 1.165) is 16.8 Å². The highest BCUT2D eigenvalue weighted by Gasteiger charge is 2.30. The molecule has 3 rings (SSSR count). The number of anilines is 1. The van der Waals surface area contributed by atoms with E-state index in [2.05, 4.69) is 4.90 Å². The molecule has 5 nitrogen and oxygen atoms in total. The molecule has 27 heavy (non-hydrogen) atoms. The maximum absolute atomic E-state index is 14.0. The van der Waals surface area contributed by atoms with Crippen molar-refractivity contribution in [2.45, 2.75) is 40.7 Å². The number of rotatable bonds is 2. The molecule has 1 amide bonds. The van der Waals surface area contributed by atoms with Crippen molar-refractivity contribution in [1.82, 2.24) is 9.88 Å². The zero-order valence-corrected chi connectivity index (χ0v) is 16.8. The van der Waals surface area contributed by atoms with Gasteiger partial charge in [-0.3, -0.25) is 4.79 Å². The highest BCUT2D eigenvalue weighted by Crippen LogP contribution is 2.31. The second-order valence-corrected chi connectivity index (χ2v) is 8.46. The predicted molar refractivity (Wildman–Crippen MR) is 107 cm³/mol. The fourth-order valence-corrected chi connectivity index (χ4v) is 3.55. The molecule has 1 atom stereocenters. The number of hydrogen-bond acceptors (Lipinski definition) is 4. The van der Waals surface area contributed by atoms with Crippen LogP contribution >= 0.6 is 0 Å². The molecular weight excluding hydrogens is 343 g/mol. The van der Waals surface area contributed by atoms with Gasteiger partial charge in [0.1, 0.15) is 11.6 Å². The van der Waals surface area contributed by atoms with Crippen LogP contribution in [-0.2, 0) is 4.79 Å². The van der Waals surface area contributed by atoms with Crippen molar-refractivity contribution in [2.24, 2.45) is 11.1 Å². The standard InChI is InChI=1S/C21H29FN4O/c1-13-17(22)7-6-15-12-16(14(2)23)19(24-18(13)15)25-8-10-26(11-9-25)20(27)21(3,4)5/h6-7,12,14H,8-11,23H2,1-5H3. The van der Waals surface area contributed by atoms with Gasteiger partial charge in [0.05, 0.1) is 5.52 Å². The van der Waals surface area contributed by atoms with Crippen molar-refractivity contribution in [1.29, 1.82) is 0 Å². The summed E-state index contributed by atoms with van der Waals surface area (Å²) < 4.78 is 14.0. The minimum Gasteiger partial charge on any atom is -0.353 e. The molecule has 2 heterocycles. The van der Waals surface area contributed by atoms with E-state index in [1.54, 1.807) is 13.0 Å². The SMILES string of the molecule is Cc1c(F)ccc2cc(C(C)N)c(N3CCN(C(=O)C(C)(C)C)CC3)nc12. The minimum atomic E-state index is -0.380. The number of benzene rings is 1. The number of piperazine rings is 1. The molecule has 1 aromatic carbocycles. The van der Waals surface area contributed by atoms with Gasteiger partial charge in [-0.1, -0.05) is 20.8 Å². The Bertz CT molecular complexity index is 865. The van der Waals surface area contributed by atoms with Crippen LogP contribution in [-0.4, -0.2) is 42.0 Å². The minimum absolute atomic E-state index is 0.166. The molecule has 2 aromatic rings. The first-order valence-electron chi connectivity index (χ1n) is 9.49. The highest BCUT2D eigenvalue weighted by atomic mass is 19.1. The zero-order valence-electron chi connectivity index (χ0n) is 16.8. The summed E-state index contributed by atoms with van der Waals surface area (Å²) in [6.07, 6.45) is 0. The molecule has 0 bridgehead atoms. The lowest BCUT2D eigenvalue weighted by Gasteiger charge is -2.39. The molecule has 2 N–H and O–H groups in total. The van der Waals surface area contributed by atoms with Crippen molar-refractivity contribution < 1.29 is 9.18 Å². The van der Waals surface area contributed by atoms with Gasteiger partial charge in [0.15, 0.2) is 0 Å². The number of amides is 1. The lowest BCUT2D eigenvalue weighted by atomic mass is 9.94. The average Bonchev–Trinajstić information content (AvgIpc) is 2.62. The highest BCUT2D eigenvalue weighted by molar-refractivity contribution is 5.85. The molecule has 6 heteroatoms. The summed E-state index contributed by atoms with van der Waals surface area (Å²) in [5, 5.41) is 0.895. The summed E-state index contributed by atoms with van der Waals surface area (Å²) in [5.74, 6) is 0.711. The predicted octanol–water partition coefficient (Wildman–Crippen LogP) is 3.40. The number of pyridine rings is 1. The number of aryl methyl sites for hydroxylation is 1. The van der Waals surface area contributed by atoms with Crippen LogP contribution in [0.3, 0.4) is 0 Å². The number of halogens is 1. The van der Waals surface area contributed by atoms with Gasteiger partial charge in [0.2, 0.25) is 5.91 Å². The summed E-state index contributed by atoms with van der Waals surface area (Å²) in [6, 6.07) is 5.05. The Morgan fingerprint density at radius 3 is 2.41 bits per heavy atom. The first-order valence-corrected chi connectivity index (χ1v) is 9.49. The Labute approximate surface area is 160 Å². The molecule has 0 spiro atoms. The van der Waals surface area contributed by atoms with Crippen LogP contribution in [0.4, 0.5) is 10.2 Å². The van der Waals surface area contributed by atoms with E-state index in [-0.39, 0.29) is 23.2 Å². The molecule has 0 aliphatic carbocycles. The zero-order chi connectivity index (χ0) is 19.9.